The fourth-order valence-corrected chi connectivity index (χ4v) is 1.52. The molecule has 3 N–H and O–H groups in total. The van der Waals surface area contributed by atoms with E-state index in [0.717, 1.165) is 18.7 Å². The fraction of sp³-hybridized carbons (Fsp3) is 0.545. The molecule has 1 heterocycles. The molecule has 15 heavy (non-hydrogen) atoms. The number of nitrogens with two attached hydrogens (primary N) is 1. The molecule has 0 unspecified atom stereocenters. The summed E-state index contributed by atoms with van der Waals surface area (Å²) in [5.74, 6) is 1.51. The third-order valence-corrected chi connectivity index (χ3v) is 2.65. The third-order valence-electron chi connectivity index (χ3n) is 2.65. The Kier molecular flexibility index (Phi) is 2.77. The summed E-state index contributed by atoms with van der Waals surface area (Å²) in [6.07, 6.45) is 2.26. The summed E-state index contributed by atoms with van der Waals surface area (Å²) in [6, 6.07) is 5.74. The van der Waals surface area contributed by atoms with Gasteiger partial charge in [0.25, 0.3) is 0 Å². The Morgan fingerprint density at radius 1 is 1.53 bits per heavy atom. The lowest BCUT2D eigenvalue weighted by atomic mass is 10.2. The van der Waals surface area contributed by atoms with Crippen LogP contribution in [0.3, 0.4) is 0 Å². The monoisotopic (exact) mass is 207 g/mol. The van der Waals surface area contributed by atoms with Gasteiger partial charge in [-0.1, -0.05) is 6.07 Å². The maximum absolute atomic E-state index is 5.69. The van der Waals surface area contributed by atoms with Crippen molar-refractivity contribution in [2.75, 3.05) is 18.5 Å². The Bertz CT molecular complexity index is 336. The predicted octanol–water partition coefficient (Wildman–Crippen LogP) is 1.38. The summed E-state index contributed by atoms with van der Waals surface area (Å²) in [5, 5.41) is 3.36. The smallest absolute Gasteiger partial charge is 0.215 e. The van der Waals surface area contributed by atoms with E-state index in [1.807, 2.05) is 25.1 Å². The van der Waals surface area contributed by atoms with E-state index in [9.17, 15) is 0 Å². The lowest BCUT2D eigenvalue weighted by Crippen LogP contribution is -2.31. The van der Waals surface area contributed by atoms with Crippen molar-refractivity contribution in [2.24, 2.45) is 5.73 Å². The topological polar surface area (TPSA) is 60.2 Å². The second kappa shape index (κ2) is 4.06. The highest BCUT2D eigenvalue weighted by Crippen LogP contribution is 2.37. The van der Waals surface area contributed by atoms with Crippen LogP contribution in [0.2, 0.25) is 0 Å². The molecule has 1 aromatic heterocycles. The zero-order chi connectivity index (χ0) is 10.7. The molecule has 4 heteroatoms. The first-order valence-corrected chi connectivity index (χ1v) is 5.36. The Labute approximate surface area is 89.8 Å². The molecule has 0 atom stereocenters. The van der Waals surface area contributed by atoms with E-state index in [-0.39, 0.29) is 5.54 Å². The van der Waals surface area contributed by atoms with Crippen molar-refractivity contribution < 1.29 is 4.74 Å². The van der Waals surface area contributed by atoms with Crippen LogP contribution >= 0.6 is 0 Å². The first-order valence-electron chi connectivity index (χ1n) is 5.36. The molecule has 0 aliphatic heterocycles. The molecule has 82 valence electrons. The van der Waals surface area contributed by atoms with Crippen molar-refractivity contribution in [3.05, 3.63) is 18.2 Å². The van der Waals surface area contributed by atoms with Crippen LogP contribution in [0.25, 0.3) is 0 Å². The predicted molar refractivity (Wildman–Crippen MR) is 60.0 cm³/mol. The number of aromatic nitrogens is 1. The average Bonchev–Trinajstić information content (AvgIpc) is 3.00. The molecule has 0 amide bonds. The highest BCUT2D eigenvalue weighted by Gasteiger charge is 2.41. The third kappa shape index (κ3) is 2.39. The SMILES string of the molecule is CCOc1cccc(NC2(CN)CC2)n1. The summed E-state index contributed by atoms with van der Waals surface area (Å²) >= 11 is 0. The van der Waals surface area contributed by atoms with Gasteiger partial charge in [0.1, 0.15) is 5.82 Å². The lowest BCUT2D eigenvalue weighted by molar-refractivity contribution is 0.327. The van der Waals surface area contributed by atoms with E-state index in [1.165, 1.54) is 0 Å². The Hall–Kier alpha value is -1.29. The summed E-state index contributed by atoms with van der Waals surface area (Å²) in [7, 11) is 0. The average molecular weight is 207 g/mol. The van der Waals surface area contributed by atoms with Crippen molar-refractivity contribution in [1.82, 2.24) is 4.98 Å². The van der Waals surface area contributed by atoms with Crippen molar-refractivity contribution in [1.29, 1.82) is 0 Å². The van der Waals surface area contributed by atoms with E-state index >= 15 is 0 Å². The van der Waals surface area contributed by atoms with Crippen LogP contribution in [0.1, 0.15) is 19.8 Å². The highest BCUT2D eigenvalue weighted by atomic mass is 16.5. The second-order valence-corrected chi connectivity index (χ2v) is 3.90. The van der Waals surface area contributed by atoms with Crippen LogP contribution in [0.5, 0.6) is 5.88 Å². The molecule has 2 rings (SSSR count). The van der Waals surface area contributed by atoms with Gasteiger partial charge < -0.3 is 15.8 Å². The van der Waals surface area contributed by atoms with Crippen LogP contribution < -0.4 is 15.8 Å². The van der Waals surface area contributed by atoms with Crippen molar-refractivity contribution in [2.45, 2.75) is 25.3 Å². The number of nitrogens with one attached hydrogen (secondary N) is 1. The van der Waals surface area contributed by atoms with Gasteiger partial charge in [0.15, 0.2) is 0 Å². The lowest BCUT2D eigenvalue weighted by Gasteiger charge is -2.15. The van der Waals surface area contributed by atoms with Crippen LogP contribution in [0.15, 0.2) is 18.2 Å². The van der Waals surface area contributed by atoms with Gasteiger partial charge in [0.05, 0.1) is 12.1 Å². The van der Waals surface area contributed by atoms with E-state index in [0.29, 0.717) is 19.0 Å². The van der Waals surface area contributed by atoms with Gasteiger partial charge in [-0.05, 0) is 25.8 Å². The van der Waals surface area contributed by atoms with Crippen LogP contribution in [0.4, 0.5) is 5.82 Å². The largest absolute Gasteiger partial charge is 0.478 e. The number of pyridine rings is 1. The van der Waals surface area contributed by atoms with E-state index in [1.54, 1.807) is 0 Å². The van der Waals surface area contributed by atoms with Gasteiger partial charge in [-0.25, -0.2) is 0 Å². The maximum atomic E-state index is 5.69. The van der Waals surface area contributed by atoms with E-state index in [2.05, 4.69) is 10.3 Å². The minimum Gasteiger partial charge on any atom is -0.478 e. The first-order chi connectivity index (χ1) is 7.28. The van der Waals surface area contributed by atoms with Crippen LogP contribution in [-0.4, -0.2) is 23.7 Å². The minimum atomic E-state index is 0.0951. The fourth-order valence-electron chi connectivity index (χ4n) is 1.52. The maximum Gasteiger partial charge on any atom is 0.215 e. The van der Waals surface area contributed by atoms with Gasteiger partial charge >= 0.3 is 0 Å². The Balaban J connectivity index is 2.05. The normalized spacial score (nSPS) is 17.2. The molecule has 0 radical (unpaired) electrons. The Morgan fingerprint density at radius 2 is 2.33 bits per heavy atom. The van der Waals surface area contributed by atoms with Crippen LogP contribution in [0, 0.1) is 0 Å². The molecular formula is C11H17N3O. The number of anilines is 1. The summed E-state index contributed by atoms with van der Waals surface area (Å²) in [5.41, 5.74) is 5.79. The van der Waals surface area contributed by atoms with Gasteiger partial charge in [0.2, 0.25) is 5.88 Å². The van der Waals surface area contributed by atoms with Gasteiger partial charge in [0, 0.05) is 12.6 Å². The molecule has 1 aliphatic carbocycles. The standard InChI is InChI=1S/C11H17N3O/c1-2-15-10-5-3-4-9(13-10)14-11(8-12)6-7-11/h3-5H,2,6-8,12H2,1H3,(H,13,14). The van der Waals surface area contributed by atoms with Gasteiger partial charge in [-0.3, -0.25) is 0 Å². The molecule has 1 fully saturated rings. The Morgan fingerprint density at radius 3 is 2.93 bits per heavy atom. The van der Waals surface area contributed by atoms with E-state index < -0.39 is 0 Å². The highest BCUT2D eigenvalue weighted by molar-refractivity contribution is 5.42. The van der Waals surface area contributed by atoms with Crippen molar-refractivity contribution in [3.8, 4) is 5.88 Å². The molecule has 4 nitrogen and oxygen atoms in total. The molecule has 0 bridgehead atoms. The summed E-state index contributed by atoms with van der Waals surface area (Å²) in [4.78, 5) is 4.35. The molecular weight excluding hydrogens is 190 g/mol. The zero-order valence-corrected chi connectivity index (χ0v) is 8.99. The van der Waals surface area contributed by atoms with Crippen LogP contribution in [-0.2, 0) is 0 Å². The number of nitrogens with zero attached hydrogens (tertiary/aromatic N) is 1. The van der Waals surface area contributed by atoms with Crippen molar-refractivity contribution >= 4 is 5.82 Å². The minimum absolute atomic E-state index is 0.0951. The first kappa shape index (κ1) is 10.2. The number of ether oxygens (including phenoxy) is 1. The summed E-state index contributed by atoms with van der Waals surface area (Å²) < 4.78 is 5.33. The quantitative estimate of drug-likeness (QED) is 0.766. The van der Waals surface area contributed by atoms with Gasteiger partial charge in [-0.15, -0.1) is 0 Å². The second-order valence-electron chi connectivity index (χ2n) is 3.90. The molecule has 1 saturated carbocycles. The van der Waals surface area contributed by atoms with Gasteiger partial charge in [-0.2, -0.15) is 4.98 Å². The van der Waals surface area contributed by atoms with Crippen molar-refractivity contribution in [3.63, 3.8) is 0 Å². The molecule has 1 aromatic rings. The summed E-state index contributed by atoms with van der Waals surface area (Å²) in [6.45, 7) is 3.25. The number of hydrogen-bond donors (Lipinski definition) is 2. The number of rotatable bonds is 5. The van der Waals surface area contributed by atoms with E-state index in [4.69, 9.17) is 10.5 Å². The zero-order valence-electron chi connectivity index (χ0n) is 8.99. The molecule has 0 aromatic carbocycles. The number of hydrogen-bond acceptors (Lipinski definition) is 4. The molecule has 1 aliphatic rings. The molecule has 0 saturated heterocycles. The molecule has 0 spiro atoms.